The number of nitrogens with one attached hydrogen (secondary N) is 1. The Balaban J connectivity index is 1.62. The molecule has 4 heteroatoms. The van der Waals surface area contributed by atoms with Gasteiger partial charge in [-0.2, -0.15) is 0 Å². The zero-order valence-electron chi connectivity index (χ0n) is 14.8. The van der Waals surface area contributed by atoms with Crippen LogP contribution in [-0.4, -0.2) is 24.7 Å². The molecular weight excluding hydrogens is 300 g/mol. The number of rotatable bonds is 6. The molecule has 3 rings (SSSR count). The quantitative estimate of drug-likeness (QED) is 0.842. The Kier molecular flexibility index (Phi) is 5.26. The van der Waals surface area contributed by atoms with Crippen LogP contribution >= 0.6 is 0 Å². The summed E-state index contributed by atoms with van der Waals surface area (Å²) in [4.78, 5) is 12.7. The van der Waals surface area contributed by atoms with Gasteiger partial charge in [-0.3, -0.25) is 4.79 Å². The van der Waals surface area contributed by atoms with Gasteiger partial charge in [-0.1, -0.05) is 50.1 Å². The number of nitrogens with two attached hydrogens (primary N) is 1. The Bertz CT molecular complexity index is 554. The van der Waals surface area contributed by atoms with Gasteiger partial charge in [-0.05, 0) is 31.7 Å². The van der Waals surface area contributed by atoms with E-state index in [0.717, 1.165) is 18.6 Å². The van der Waals surface area contributed by atoms with Crippen LogP contribution < -0.4 is 11.1 Å². The molecule has 132 valence electrons. The van der Waals surface area contributed by atoms with Crippen molar-refractivity contribution in [2.75, 3.05) is 6.61 Å². The second kappa shape index (κ2) is 7.24. The van der Waals surface area contributed by atoms with E-state index in [2.05, 4.69) is 12.2 Å². The molecule has 0 radical (unpaired) electrons. The molecule has 2 fully saturated rings. The first-order valence-corrected chi connectivity index (χ1v) is 9.31. The molecule has 0 heterocycles. The SMILES string of the molecule is CCOC1CC(NC(=O)C(C)C(N)c2ccccc2)C12CCCC2. The number of amides is 1. The van der Waals surface area contributed by atoms with Crippen LogP contribution in [0.4, 0.5) is 0 Å². The fourth-order valence-electron chi connectivity index (χ4n) is 4.52. The number of hydrogen-bond donors (Lipinski definition) is 2. The minimum Gasteiger partial charge on any atom is -0.378 e. The monoisotopic (exact) mass is 330 g/mol. The van der Waals surface area contributed by atoms with Gasteiger partial charge in [0.05, 0.1) is 12.0 Å². The molecule has 1 aromatic carbocycles. The number of hydrogen-bond acceptors (Lipinski definition) is 3. The average Bonchev–Trinajstić information content (AvgIpc) is 3.13. The summed E-state index contributed by atoms with van der Waals surface area (Å²) in [5.41, 5.74) is 7.49. The first-order valence-electron chi connectivity index (χ1n) is 9.31. The molecular formula is C20H30N2O2. The van der Waals surface area contributed by atoms with Crippen LogP contribution in [0.1, 0.15) is 57.6 Å². The van der Waals surface area contributed by atoms with Crippen molar-refractivity contribution in [3.8, 4) is 0 Å². The maximum Gasteiger partial charge on any atom is 0.224 e. The van der Waals surface area contributed by atoms with Gasteiger partial charge in [0, 0.05) is 24.1 Å². The van der Waals surface area contributed by atoms with Crippen molar-refractivity contribution < 1.29 is 9.53 Å². The second-order valence-electron chi connectivity index (χ2n) is 7.41. The largest absolute Gasteiger partial charge is 0.378 e. The van der Waals surface area contributed by atoms with Crippen molar-refractivity contribution in [3.63, 3.8) is 0 Å². The third-order valence-electron chi connectivity index (χ3n) is 6.14. The van der Waals surface area contributed by atoms with E-state index < -0.39 is 0 Å². The van der Waals surface area contributed by atoms with Crippen molar-refractivity contribution in [1.29, 1.82) is 0 Å². The standard InChI is InChI=1S/C20H30N2O2/c1-3-24-17-13-16(20(17)11-7-8-12-20)22-19(23)14(2)18(21)15-9-5-4-6-10-15/h4-6,9-10,14,16-18H,3,7-8,11-13,21H2,1-2H3,(H,22,23). The molecule has 1 aromatic rings. The van der Waals surface area contributed by atoms with E-state index in [9.17, 15) is 4.79 Å². The fourth-order valence-corrected chi connectivity index (χ4v) is 4.52. The van der Waals surface area contributed by atoms with E-state index in [1.54, 1.807) is 0 Å². The Morgan fingerprint density at radius 1 is 1.33 bits per heavy atom. The second-order valence-corrected chi connectivity index (χ2v) is 7.41. The molecule has 3 N–H and O–H groups in total. The van der Waals surface area contributed by atoms with Gasteiger partial charge in [0.2, 0.25) is 5.91 Å². The summed E-state index contributed by atoms with van der Waals surface area (Å²) in [6.07, 6.45) is 6.08. The van der Waals surface area contributed by atoms with Crippen LogP contribution in [0.3, 0.4) is 0 Å². The minimum atomic E-state index is -0.270. The number of carbonyl (C=O) groups excluding carboxylic acids is 1. The highest BCUT2D eigenvalue weighted by Crippen LogP contribution is 2.54. The first-order chi connectivity index (χ1) is 11.6. The normalized spacial score (nSPS) is 27.5. The molecule has 4 unspecified atom stereocenters. The van der Waals surface area contributed by atoms with Crippen molar-refractivity contribution in [1.82, 2.24) is 5.32 Å². The van der Waals surface area contributed by atoms with E-state index in [-0.39, 0.29) is 29.3 Å². The Morgan fingerprint density at radius 2 is 2.00 bits per heavy atom. The van der Waals surface area contributed by atoms with E-state index >= 15 is 0 Å². The smallest absolute Gasteiger partial charge is 0.224 e. The third kappa shape index (κ3) is 3.09. The van der Waals surface area contributed by atoms with Gasteiger partial charge >= 0.3 is 0 Å². The molecule has 24 heavy (non-hydrogen) atoms. The molecule has 1 amide bonds. The summed E-state index contributed by atoms with van der Waals surface area (Å²) < 4.78 is 5.93. The van der Waals surface area contributed by atoms with E-state index in [0.29, 0.717) is 6.10 Å². The highest BCUT2D eigenvalue weighted by Gasteiger charge is 2.57. The lowest BCUT2D eigenvalue weighted by molar-refractivity contribution is -0.146. The molecule has 0 aromatic heterocycles. The summed E-state index contributed by atoms with van der Waals surface area (Å²) in [6, 6.07) is 9.84. The van der Waals surface area contributed by atoms with Crippen molar-refractivity contribution >= 4 is 5.91 Å². The lowest BCUT2D eigenvalue weighted by Crippen LogP contribution is -2.64. The van der Waals surface area contributed by atoms with Crippen LogP contribution in [0.5, 0.6) is 0 Å². The number of ether oxygens (including phenoxy) is 1. The van der Waals surface area contributed by atoms with Crippen molar-refractivity contribution in [2.45, 2.75) is 64.1 Å². The Labute approximate surface area is 145 Å². The average molecular weight is 330 g/mol. The summed E-state index contributed by atoms with van der Waals surface area (Å²) in [7, 11) is 0. The summed E-state index contributed by atoms with van der Waals surface area (Å²) in [6.45, 7) is 4.73. The highest BCUT2D eigenvalue weighted by atomic mass is 16.5. The zero-order valence-corrected chi connectivity index (χ0v) is 14.8. The minimum absolute atomic E-state index is 0.0672. The predicted octanol–water partition coefficient (Wildman–Crippen LogP) is 3.18. The van der Waals surface area contributed by atoms with Crippen LogP contribution in [0.15, 0.2) is 30.3 Å². The third-order valence-corrected chi connectivity index (χ3v) is 6.14. The highest BCUT2D eigenvalue weighted by molar-refractivity contribution is 5.79. The maximum absolute atomic E-state index is 12.7. The van der Waals surface area contributed by atoms with Gasteiger partial charge in [0.15, 0.2) is 0 Å². The molecule has 1 spiro atoms. The first kappa shape index (κ1) is 17.4. The van der Waals surface area contributed by atoms with Gasteiger partial charge in [-0.15, -0.1) is 0 Å². The topological polar surface area (TPSA) is 64.3 Å². The van der Waals surface area contributed by atoms with Crippen LogP contribution in [0.25, 0.3) is 0 Å². The Hall–Kier alpha value is -1.39. The van der Waals surface area contributed by atoms with Gasteiger partial charge < -0.3 is 15.8 Å². The molecule has 2 saturated carbocycles. The fraction of sp³-hybridized carbons (Fsp3) is 0.650. The maximum atomic E-state index is 12.7. The lowest BCUT2D eigenvalue weighted by Gasteiger charge is -2.54. The van der Waals surface area contributed by atoms with Gasteiger partial charge in [0.25, 0.3) is 0 Å². The van der Waals surface area contributed by atoms with E-state index in [1.807, 2.05) is 37.3 Å². The van der Waals surface area contributed by atoms with Crippen molar-refractivity contribution in [2.24, 2.45) is 17.1 Å². The van der Waals surface area contributed by atoms with Gasteiger partial charge in [0.1, 0.15) is 0 Å². The van der Waals surface area contributed by atoms with Crippen LogP contribution in [0, 0.1) is 11.3 Å². The van der Waals surface area contributed by atoms with Crippen LogP contribution in [0.2, 0.25) is 0 Å². The zero-order chi connectivity index (χ0) is 17.2. The molecule has 0 saturated heterocycles. The summed E-state index contributed by atoms with van der Waals surface area (Å²) in [5, 5.41) is 3.29. The van der Waals surface area contributed by atoms with Crippen LogP contribution in [-0.2, 0) is 9.53 Å². The van der Waals surface area contributed by atoms with Gasteiger partial charge in [-0.25, -0.2) is 0 Å². The number of benzene rings is 1. The molecule has 2 aliphatic carbocycles. The van der Waals surface area contributed by atoms with E-state index in [1.165, 1.54) is 25.7 Å². The molecule has 4 nitrogen and oxygen atoms in total. The van der Waals surface area contributed by atoms with Crippen molar-refractivity contribution in [3.05, 3.63) is 35.9 Å². The molecule has 2 aliphatic rings. The molecule has 0 bridgehead atoms. The molecule has 4 atom stereocenters. The summed E-state index contributed by atoms with van der Waals surface area (Å²) >= 11 is 0. The molecule has 0 aliphatic heterocycles. The Morgan fingerprint density at radius 3 is 2.62 bits per heavy atom. The lowest BCUT2D eigenvalue weighted by atomic mass is 9.60. The number of carbonyl (C=O) groups is 1. The predicted molar refractivity (Wildman–Crippen MR) is 95.4 cm³/mol. The van der Waals surface area contributed by atoms with E-state index in [4.69, 9.17) is 10.5 Å². The summed E-state index contributed by atoms with van der Waals surface area (Å²) in [5.74, 6) is -0.172.